The second kappa shape index (κ2) is 7.15. The van der Waals surface area contributed by atoms with Crippen LogP contribution in [0.25, 0.3) is 0 Å². The van der Waals surface area contributed by atoms with Gasteiger partial charge in [0.05, 0.1) is 19.0 Å². The Hall–Kier alpha value is -2.18. The van der Waals surface area contributed by atoms with E-state index in [0.29, 0.717) is 26.2 Å². The summed E-state index contributed by atoms with van der Waals surface area (Å²) < 4.78 is 10.9. The van der Waals surface area contributed by atoms with Crippen LogP contribution in [0.1, 0.15) is 20.8 Å². The standard InChI is InChI=1S/C17H28N4O3/c1-17(2,3)24-16(22)21-9-7-20(8-10-21)15-14(23-6)11-13(12-18-15)19(4)5/h11-12H,7-10H2,1-6H3. The largest absolute Gasteiger partial charge is 0.493 e. The minimum atomic E-state index is -0.471. The number of amides is 1. The summed E-state index contributed by atoms with van der Waals surface area (Å²) in [6.07, 6.45) is 1.57. The number of anilines is 2. The van der Waals surface area contributed by atoms with E-state index in [4.69, 9.17) is 9.47 Å². The van der Waals surface area contributed by atoms with E-state index in [1.807, 2.05) is 52.0 Å². The molecule has 1 aliphatic rings. The molecule has 0 bridgehead atoms. The van der Waals surface area contributed by atoms with Gasteiger partial charge < -0.3 is 24.2 Å². The van der Waals surface area contributed by atoms with E-state index < -0.39 is 5.60 Å². The molecule has 2 rings (SSSR count). The molecule has 1 fully saturated rings. The average Bonchev–Trinajstić information content (AvgIpc) is 2.52. The predicted molar refractivity (Wildman–Crippen MR) is 95.1 cm³/mol. The molecule has 7 nitrogen and oxygen atoms in total. The number of hydrogen-bond acceptors (Lipinski definition) is 6. The molecule has 0 N–H and O–H groups in total. The number of carbonyl (C=O) groups is 1. The zero-order valence-corrected chi connectivity index (χ0v) is 15.5. The van der Waals surface area contributed by atoms with Gasteiger partial charge >= 0.3 is 6.09 Å². The molecule has 0 aromatic carbocycles. The van der Waals surface area contributed by atoms with Crippen LogP contribution in [0.3, 0.4) is 0 Å². The molecule has 1 amide bonds. The molecule has 134 valence electrons. The second-order valence-electron chi connectivity index (χ2n) is 7.07. The van der Waals surface area contributed by atoms with Gasteiger partial charge in [0.25, 0.3) is 0 Å². The molecule has 0 aliphatic carbocycles. The number of carbonyl (C=O) groups excluding carboxylic acids is 1. The van der Waals surface area contributed by atoms with Crippen LogP contribution in [0.4, 0.5) is 16.3 Å². The maximum Gasteiger partial charge on any atom is 0.410 e. The van der Waals surface area contributed by atoms with Crippen LogP contribution in [-0.4, -0.2) is 69.0 Å². The van der Waals surface area contributed by atoms with Gasteiger partial charge in [0.1, 0.15) is 5.60 Å². The molecule has 0 spiro atoms. The van der Waals surface area contributed by atoms with E-state index >= 15 is 0 Å². The Morgan fingerprint density at radius 1 is 1.21 bits per heavy atom. The van der Waals surface area contributed by atoms with Gasteiger partial charge in [0, 0.05) is 46.3 Å². The summed E-state index contributed by atoms with van der Waals surface area (Å²) in [5.74, 6) is 1.55. The van der Waals surface area contributed by atoms with Crippen LogP contribution in [0, 0.1) is 0 Å². The van der Waals surface area contributed by atoms with Crippen molar-refractivity contribution >= 4 is 17.6 Å². The van der Waals surface area contributed by atoms with E-state index in [-0.39, 0.29) is 6.09 Å². The van der Waals surface area contributed by atoms with Crippen molar-refractivity contribution in [3.8, 4) is 5.75 Å². The number of nitrogens with zero attached hydrogens (tertiary/aromatic N) is 4. The molecule has 24 heavy (non-hydrogen) atoms. The van der Waals surface area contributed by atoms with E-state index in [0.717, 1.165) is 17.3 Å². The lowest BCUT2D eigenvalue weighted by Crippen LogP contribution is -2.50. The Kier molecular flexibility index (Phi) is 5.41. The third-order valence-corrected chi connectivity index (χ3v) is 3.79. The highest BCUT2D eigenvalue weighted by molar-refractivity contribution is 5.69. The first-order valence-electron chi connectivity index (χ1n) is 8.15. The highest BCUT2D eigenvalue weighted by atomic mass is 16.6. The SMILES string of the molecule is COc1cc(N(C)C)cnc1N1CCN(C(=O)OC(C)(C)C)CC1. The normalized spacial score (nSPS) is 15.2. The van der Waals surface area contributed by atoms with Crippen molar-refractivity contribution in [3.63, 3.8) is 0 Å². The molecule has 0 atom stereocenters. The topological polar surface area (TPSA) is 58.1 Å². The molecule has 1 aliphatic heterocycles. The molecule has 0 radical (unpaired) electrons. The molecule has 0 unspecified atom stereocenters. The summed E-state index contributed by atoms with van der Waals surface area (Å²) in [4.78, 5) is 22.5. The zero-order chi connectivity index (χ0) is 17.9. The lowest BCUT2D eigenvalue weighted by atomic mass is 10.2. The van der Waals surface area contributed by atoms with Crippen LogP contribution in [0.5, 0.6) is 5.75 Å². The number of hydrogen-bond donors (Lipinski definition) is 0. The number of piperazine rings is 1. The quantitative estimate of drug-likeness (QED) is 0.843. The minimum absolute atomic E-state index is 0.259. The van der Waals surface area contributed by atoms with Gasteiger partial charge in [0.15, 0.2) is 11.6 Å². The smallest absolute Gasteiger partial charge is 0.410 e. The zero-order valence-electron chi connectivity index (χ0n) is 15.5. The van der Waals surface area contributed by atoms with Crippen LogP contribution < -0.4 is 14.5 Å². The van der Waals surface area contributed by atoms with Crippen molar-refractivity contribution in [1.29, 1.82) is 0 Å². The fraction of sp³-hybridized carbons (Fsp3) is 0.647. The minimum Gasteiger partial charge on any atom is -0.493 e. The second-order valence-corrected chi connectivity index (χ2v) is 7.07. The van der Waals surface area contributed by atoms with Crippen molar-refractivity contribution < 1.29 is 14.3 Å². The molecular formula is C17H28N4O3. The first kappa shape index (κ1) is 18.2. The van der Waals surface area contributed by atoms with E-state index in [2.05, 4.69) is 9.88 Å². The molecular weight excluding hydrogens is 308 g/mol. The van der Waals surface area contributed by atoms with Gasteiger partial charge in [-0.3, -0.25) is 0 Å². The lowest BCUT2D eigenvalue weighted by molar-refractivity contribution is 0.0240. The Morgan fingerprint density at radius 2 is 1.83 bits per heavy atom. The average molecular weight is 336 g/mol. The molecule has 1 saturated heterocycles. The molecule has 1 aromatic rings. The Bertz CT molecular complexity index is 576. The highest BCUT2D eigenvalue weighted by Gasteiger charge is 2.27. The third kappa shape index (κ3) is 4.43. The maximum absolute atomic E-state index is 12.1. The first-order chi connectivity index (χ1) is 11.2. The van der Waals surface area contributed by atoms with Crippen molar-refractivity contribution in [2.45, 2.75) is 26.4 Å². The van der Waals surface area contributed by atoms with Gasteiger partial charge in [-0.05, 0) is 20.8 Å². The van der Waals surface area contributed by atoms with Crippen molar-refractivity contribution in [3.05, 3.63) is 12.3 Å². The van der Waals surface area contributed by atoms with Gasteiger partial charge in [-0.1, -0.05) is 0 Å². The van der Waals surface area contributed by atoms with Gasteiger partial charge in [-0.25, -0.2) is 9.78 Å². The summed E-state index contributed by atoms with van der Waals surface area (Å²) >= 11 is 0. The van der Waals surface area contributed by atoms with E-state index in [1.165, 1.54) is 0 Å². The maximum atomic E-state index is 12.1. The Labute approximate surface area is 144 Å². The summed E-state index contributed by atoms with van der Waals surface area (Å²) in [5.41, 5.74) is 0.518. The summed E-state index contributed by atoms with van der Waals surface area (Å²) in [6, 6.07) is 1.97. The monoisotopic (exact) mass is 336 g/mol. The predicted octanol–water partition coefficient (Wildman–Crippen LogP) is 2.21. The van der Waals surface area contributed by atoms with Gasteiger partial charge in [-0.15, -0.1) is 0 Å². The Balaban J connectivity index is 2.03. The number of aromatic nitrogens is 1. The number of rotatable bonds is 3. The van der Waals surface area contributed by atoms with Crippen LogP contribution >= 0.6 is 0 Å². The van der Waals surface area contributed by atoms with E-state index in [9.17, 15) is 4.79 Å². The molecule has 7 heteroatoms. The van der Waals surface area contributed by atoms with E-state index in [1.54, 1.807) is 12.0 Å². The number of pyridine rings is 1. The Morgan fingerprint density at radius 3 is 2.33 bits per heavy atom. The van der Waals surface area contributed by atoms with Crippen molar-refractivity contribution in [1.82, 2.24) is 9.88 Å². The fourth-order valence-corrected chi connectivity index (χ4v) is 2.49. The fourth-order valence-electron chi connectivity index (χ4n) is 2.49. The van der Waals surface area contributed by atoms with Crippen molar-refractivity contribution in [2.75, 3.05) is 57.2 Å². The molecule has 1 aromatic heterocycles. The van der Waals surface area contributed by atoms with Crippen LogP contribution in [0.2, 0.25) is 0 Å². The summed E-state index contributed by atoms with van der Waals surface area (Å²) in [7, 11) is 5.59. The van der Waals surface area contributed by atoms with Crippen LogP contribution in [0.15, 0.2) is 12.3 Å². The first-order valence-corrected chi connectivity index (χ1v) is 8.15. The summed E-state index contributed by atoms with van der Waals surface area (Å²) in [5, 5.41) is 0. The van der Waals surface area contributed by atoms with Crippen molar-refractivity contribution in [2.24, 2.45) is 0 Å². The lowest BCUT2D eigenvalue weighted by Gasteiger charge is -2.36. The highest BCUT2D eigenvalue weighted by Crippen LogP contribution is 2.30. The van der Waals surface area contributed by atoms with Gasteiger partial charge in [-0.2, -0.15) is 0 Å². The third-order valence-electron chi connectivity index (χ3n) is 3.79. The number of ether oxygens (including phenoxy) is 2. The molecule has 2 heterocycles. The molecule has 0 saturated carbocycles. The van der Waals surface area contributed by atoms with Gasteiger partial charge in [0.2, 0.25) is 0 Å². The summed E-state index contributed by atoms with van der Waals surface area (Å²) in [6.45, 7) is 8.24. The van der Waals surface area contributed by atoms with Crippen LogP contribution in [-0.2, 0) is 4.74 Å². The number of methoxy groups -OCH3 is 1.